The number of aliphatic imine (C=N–C) groups is 1. The van der Waals surface area contributed by atoms with E-state index >= 15 is 0 Å². The fourth-order valence-corrected chi connectivity index (χ4v) is 2.79. The second-order valence-electron chi connectivity index (χ2n) is 4.53. The first-order valence-corrected chi connectivity index (χ1v) is 6.56. The van der Waals surface area contributed by atoms with E-state index in [1.54, 1.807) is 6.92 Å². The van der Waals surface area contributed by atoms with Crippen LogP contribution in [0, 0.1) is 0 Å². The first-order valence-electron chi connectivity index (χ1n) is 5.76. The van der Waals surface area contributed by atoms with Gasteiger partial charge in [-0.1, -0.05) is 52.3 Å². The summed E-state index contributed by atoms with van der Waals surface area (Å²) in [7, 11) is 0. The van der Waals surface area contributed by atoms with Gasteiger partial charge in [-0.05, 0) is 19.1 Å². The van der Waals surface area contributed by atoms with Crippen LogP contribution in [-0.4, -0.2) is 10.8 Å². The minimum atomic E-state index is -1.04. The van der Waals surface area contributed by atoms with Crippen molar-refractivity contribution in [1.82, 2.24) is 0 Å². The molecule has 0 amide bonds. The van der Waals surface area contributed by atoms with Crippen LogP contribution in [0.1, 0.15) is 18.1 Å². The molecule has 0 radical (unpaired) electrons. The van der Waals surface area contributed by atoms with E-state index in [4.69, 9.17) is 0 Å². The minimum absolute atomic E-state index is 0.691. The molecule has 1 aliphatic heterocycles. The fraction of sp³-hybridized carbons (Fsp3) is 0.133. The number of para-hydroxylation sites is 1. The Kier molecular flexibility index (Phi) is 2.61. The Morgan fingerprint density at radius 3 is 2.44 bits per heavy atom. The lowest BCUT2D eigenvalue weighted by Gasteiger charge is -2.21. The monoisotopic (exact) mass is 301 g/mol. The van der Waals surface area contributed by atoms with Gasteiger partial charge >= 0.3 is 0 Å². The maximum Gasteiger partial charge on any atom is 0.131 e. The summed E-state index contributed by atoms with van der Waals surface area (Å²) in [6, 6.07) is 15.5. The van der Waals surface area contributed by atoms with E-state index in [0.717, 1.165) is 21.3 Å². The van der Waals surface area contributed by atoms with Gasteiger partial charge in [0.2, 0.25) is 0 Å². The number of hydrogen-bond acceptors (Lipinski definition) is 2. The standard InChI is InChI=1S/C15H12BrNO/c1-15(18)11-7-3-5-9-13(11)17-14(15)10-6-2-4-8-12(10)16/h2-9,18H,1H3. The van der Waals surface area contributed by atoms with Crippen LogP contribution in [0.15, 0.2) is 58.0 Å². The van der Waals surface area contributed by atoms with Crippen molar-refractivity contribution < 1.29 is 5.11 Å². The lowest BCUT2D eigenvalue weighted by Crippen LogP contribution is -2.29. The Labute approximate surface area is 114 Å². The van der Waals surface area contributed by atoms with Gasteiger partial charge in [-0.25, -0.2) is 4.99 Å². The van der Waals surface area contributed by atoms with E-state index in [1.807, 2.05) is 48.5 Å². The van der Waals surface area contributed by atoms with E-state index in [0.29, 0.717) is 5.71 Å². The van der Waals surface area contributed by atoms with Gasteiger partial charge in [-0.2, -0.15) is 0 Å². The number of nitrogens with zero attached hydrogens (tertiary/aromatic N) is 1. The SMILES string of the molecule is CC1(O)C(c2ccccc2Br)=Nc2ccccc21. The van der Waals surface area contributed by atoms with E-state index in [9.17, 15) is 5.11 Å². The van der Waals surface area contributed by atoms with Crippen LogP contribution in [0.4, 0.5) is 5.69 Å². The van der Waals surface area contributed by atoms with Gasteiger partial charge < -0.3 is 5.11 Å². The van der Waals surface area contributed by atoms with E-state index < -0.39 is 5.60 Å². The largest absolute Gasteiger partial charge is 0.379 e. The van der Waals surface area contributed by atoms with Gasteiger partial charge in [-0.15, -0.1) is 0 Å². The summed E-state index contributed by atoms with van der Waals surface area (Å²) in [5, 5.41) is 10.7. The molecule has 3 rings (SSSR count). The number of benzene rings is 2. The Balaban J connectivity index is 2.20. The summed E-state index contributed by atoms with van der Waals surface area (Å²) in [5.74, 6) is 0. The molecule has 2 aromatic carbocycles. The first-order chi connectivity index (χ1) is 8.60. The molecule has 0 aliphatic carbocycles. The van der Waals surface area contributed by atoms with E-state index in [1.165, 1.54) is 0 Å². The Hall–Kier alpha value is -1.45. The van der Waals surface area contributed by atoms with Gasteiger partial charge in [0.15, 0.2) is 0 Å². The summed E-state index contributed by atoms with van der Waals surface area (Å²) in [6.07, 6.45) is 0. The quantitative estimate of drug-likeness (QED) is 0.854. The van der Waals surface area contributed by atoms with Crippen LogP contribution in [0.3, 0.4) is 0 Å². The number of aliphatic hydroxyl groups is 1. The van der Waals surface area contributed by atoms with Crippen molar-refractivity contribution in [2.45, 2.75) is 12.5 Å². The minimum Gasteiger partial charge on any atom is -0.379 e. The van der Waals surface area contributed by atoms with Crippen molar-refractivity contribution in [2.75, 3.05) is 0 Å². The second-order valence-corrected chi connectivity index (χ2v) is 5.38. The molecular formula is C15H12BrNO. The summed E-state index contributed by atoms with van der Waals surface area (Å²) in [6.45, 7) is 1.79. The molecular weight excluding hydrogens is 290 g/mol. The third-order valence-corrected chi connectivity index (χ3v) is 3.94. The molecule has 0 aromatic heterocycles. The summed E-state index contributed by atoms with van der Waals surface area (Å²) in [5.41, 5.74) is 2.28. The zero-order valence-electron chi connectivity index (χ0n) is 9.89. The highest BCUT2D eigenvalue weighted by Gasteiger charge is 2.38. The van der Waals surface area contributed by atoms with Crippen LogP contribution in [0.25, 0.3) is 0 Å². The third kappa shape index (κ3) is 1.62. The number of halogens is 1. The number of rotatable bonds is 1. The van der Waals surface area contributed by atoms with Crippen LogP contribution < -0.4 is 0 Å². The fourth-order valence-electron chi connectivity index (χ4n) is 2.32. The Morgan fingerprint density at radius 2 is 1.72 bits per heavy atom. The van der Waals surface area contributed by atoms with Crippen molar-refractivity contribution in [2.24, 2.45) is 4.99 Å². The molecule has 18 heavy (non-hydrogen) atoms. The predicted molar refractivity (Wildman–Crippen MR) is 76.4 cm³/mol. The molecule has 0 bridgehead atoms. The maximum atomic E-state index is 10.7. The average Bonchev–Trinajstić information content (AvgIpc) is 2.63. The van der Waals surface area contributed by atoms with Crippen LogP contribution >= 0.6 is 15.9 Å². The van der Waals surface area contributed by atoms with Crippen molar-refractivity contribution >= 4 is 27.3 Å². The normalized spacial score (nSPS) is 21.6. The van der Waals surface area contributed by atoms with Crippen LogP contribution in [-0.2, 0) is 5.60 Å². The smallest absolute Gasteiger partial charge is 0.131 e. The topological polar surface area (TPSA) is 32.6 Å². The maximum absolute atomic E-state index is 10.7. The van der Waals surface area contributed by atoms with Crippen molar-refractivity contribution in [1.29, 1.82) is 0 Å². The molecule has 1 unspecified atom stereocenters. The molecule has 0 spiro atoms. The lowest BCUT2D eigenvalue weighted by molar-refractivity contribution is 0.138. The highest BCUT2D eigenvalue weighted by Crippen LogP contribution is 2.41. The lowest BCUT2D eigenvalue weighted by atomic mass is 9.89. The van der Waals surface area contributed by atoms with E-state index in [-0.39, 0.29) is 0 Å². The highest BCUT2D eigenvalue weighted by molar-refractivity contribution is 9.10. The number of fused-ring (bicyclic) bond motifs is 1. The average molecular weight is 302 g/mol. The Bertz CT molecular complexity index is 646. The first kappa shape index (κ1) is 11.6. The van der Waals surface area contributed by atoms with Crippen molar-refractivity contribution in [3.8, 4) is 0 Å². The van der Waals surface area contributed by atoms with Gasteiger partial charge in [0.1, 0.15) is 5.60 Å². The predicted octanol–water partition coefficient (Wildman–Crippen LogP) is 3.79. The van der Waals surface area contributed by atoms with Crippen LogP contribution in [0.5, 0.6) is 0 Å². The molecule has 1 atom stereocenters. The van der Waals surface area contributed by atoms with Gasteiger partial charge in [0.05, 0.1) is 11.4 Å². The molecule has 90 valence electrons. The summed E-state index contributed by atoms with van der Waals surface area (Å²) >= 11 is 3.51. The molecule has 0 fully saturated rings. The molecule has 1 aliphatic rings. The highest BCUT2D eigenvalue weighted by atomic mass is 79.9. The molecule has 2 aromatic rings. The molecule has 1 heterocycles. The van der Waals surface area contributed by atoms with Gasteiger partial charge in [-0.3, -0.25) is 0 Å². The van der Waals surface area contributed by atoms with Gasteiger partial charge in [0.25, 0.3) is 0 Å². The summed E-state index contributed by atoms with van der Waals surface area (Å²) in [4.78, 5) is 4.57. The molecule has 2 nitrogen and oxygen atoms in total. The molecule has 1 N–H and O–H groups in total. The van der Waals surface area contributed by atoms with Crippen molar-refractivity contribution in [3.63, 3.8) is 0 Å². The number of hydrogen-bond donors (Lipinski definition) is 1. The molecule has 0 saturated carbocycles. The summed E-state index contributed by atoms with van der Waals surface area (Å²) < 4.78 is 0.942. The van der Waals surface area contributed by atoms with Crippen molar-refractivity contribution in [3.05, 3.63) is 64.1 Å². The zero-order chi connectivity index (χ0) is 12.8. The zero-order valence-corrected chi connectivity index (χ0v) is 11.5. The molecule has 3 heteroatoms. The molecule has 0 saturated heterocycles. The van der Waals surface area contributed by atoms with Crippen LogP contribution in [0.2, 0.25) is 0 Å². The van der Waals surface area contributed by atoms with E-state index in [2.05, 4.69) is 20.9 Å². The second kappa shape index (κ2) is 4.04. The third-order valence-electron chi connectivity index (χ3n) is 3.25. The van der Waals surface area contributed by atoms with Gasteiger partial charge in [0, 0.05) is 15.6 Å². The Morgan fingerprint density at radius 1 is 1.06 bits per heavy atom.